The Morgan fingerprint density at radius 2 is 2.22 bits per heavy atom. The van der Waals surface area contributed by atoms with Gasteiger partial charge in [0.2, 0.25) is 11.6 Å². The number of nitro groups is 1. The molecule has 1 heterocycles. The Hall–Kier alpha value is -1.96. The van der Waals surface area contributed by atoms with Crippen molar-refractivity contribution in [3.63, 3.8) is 0 Å². The van der Waals surface area contributed by atoms with Crippen molar-refractivity contribution >= 4 is 17.3 Å². The van der Waals surface area contributed by atoms with E-state index in [-0.39, 0.29) is 11.5 Å². The topological polar surface area (TPSA) is 110 Å². The van der Waals surface area contributed by atoms with E-state index in [1.807, 2.05) is 11.8 Å². The van der Waals surface area contributed by atoms with Crippen molar-refractivity contribution in [2.24, 2.45) is 5.84 Å². The van der Waals surface area contributed by atoms with Gasteiger partial charge in [-0.05, 0) is 13.3 Å². The van der Waals surface area contributed by atoms with E-state index in [0.29, 0.717) is 12.4 Å². The molecule has 0 aliphatic rings. The van der Waals surface area contributed by atoms with Gasteiger partial charge in [-0.2, -0.15) is 0 Å². The summed E-state index contributed by atoms with van der Waals surface area (Å²) in [7, 11) is 0. The van der Waals surface area contributed by atoms with Gasteiger partial charge in [-0.3, -0.25) is 10.1 Å². The standard InChI is InChI=1S/C10H18N6O2/c1-3-5-6-15(4-2)10-8(16(17)18)9(14-11)12-7-13-10/h7H,3-6,11H2,1-2H3,(H,12,13,14). The molecule has 1 aromatic rings. The Balaban J connectivity index is 3.16. The summed E-state index contributed by atoms with van der Waals surface area (Å²) in [5, 5.41) is 11.1. The van der Waals surface area contributed by atoms with E-state index in [0.717, 1.165) is 19.4 Å². The molecule has 0 unspecified atom stereocenters. The second-order valence-electron chi connectivity index (χ2n) is 3.73. The molecule has 0 saturated carbocycles. The maximum atomic E-state index is 11.1. The minimum absolute atomic E-state index is 0.0277. The highest BCUT2D eigenvalue weighted by atomic mass is 16.6. The number of nitrogens with one attached hydrogen (secondary N) is 1. The Morgan fingerprint density at radius 1 is 1.50 bits per heavy atom. The van der Waals surface area contributed by atoms with Crippen LogP contribution in [0, 0.1) is 10.1 Å². The highest BCUT2D eigenvalue weighted by Crippen LogP contribution is 2.31. The fourth-order valence-electron chi connectivity index (χ4n) is 1.64. The van der Waals surface area contributed by atoms with E-state index in [4.69, 9.17) is 5.84 Å². The summed E-state index contributed by atoms with van der Waals surface area (Å²) >= 11 is 0. The molecule has 0 aromatic carbocycles. The van der Waals surface area contributed by atoms with Crippen molar-refractivity contribution in [3.05, 3.63) is 16.4 Å². The van der Waals surface area contributed by atoms with Gasteiger partial charge in [0.1, 0.15) is 6.33 Å². The number of hydrogen-bond acceptors (Lipinski definition) is 7. The van der Waals surface area contributed by atoms with Gasteiger partial charge in [0.05, 0.1) is 4.92 Å². The summed E-state index contributed by atoms with van der Waals surface area (Å²) in [6, 6.07) is 0. The van der Waals surface area contributed by atoms with Crippen LogP contribution < -0.4 is 16.2 Å². The molecule has 8 heteroatoms. The number of hydrogen-bond donors (Lipinski definition) is 2. The molecule has 8 nitrogen and oxygen atoms in total. The third kappa shape index (κ3) is 3.04. The Bertz CT molecular complexity index is 411. The Morgan fingerprint density at radius 3 is 2.72 bits per heavy atom. The van der Waals surface area contributed by atoms with Crippen molar-refractivity contribution in [2.75, 3.05) is 23.4 Å². The first-order valence-electron chi connectivity index (χ1n) is 5.86. The Kier molecular flexibility index (Phi) is 5.25. The number of unbranched alkanes of at least 4 members (excludes halogenated alkanes) is 1. The van der Waals surface area contributed by atoms with Crippen LogP contribution in [-0.2, 0) is 0 Å². The van der Waals surface area contributed by atoms with Gasteiger partial charge in [-0.25, -0.2) is 15.8 Å². The quantitative estimate of drug-likeness (QED) is 0.428. The van der Waals surface area contributed by atoms with Crippen molar-refractivity contribution in [2.45, 2.75) is 26.7 Å². The molecule has 18 heavy (non-hydrogen) atoms. The van der Waals surface area contributed by atoms with Crippen LogP contribution in [0.15, 0.2) is 6.33 Å². The fourth-order valence-corrected chi connectivity index (χ4v) is 1.64. The summed E-state index contributed by atoms with van der Waals surface area (Å²) in [6.07, 6.45) is 3.23. The molecule has 3 N–H and O–H groups in total. The predicted octanol–water partition coefficient (Wildman–Crippen LogP) is 1.30. The van der Waals surface area contributed by atoms with Gasteiger partial charge in [0, 0.05) is 13.1 Å². The van der Waals surface area contributed by atoms with Gasteiger partial charge >= 0.3 is 5.69 Å². The zero-order chi connectivity index (χ0) is 13.5. The fraction of sp³-hybridized carbons (Fsp3) is 0.600. The van der Waals surface area contributed by atoms with Gasteiger partial charge in [0.15, 0.2) is 0 Å². The molecule has 0 atom stereocenters. The third-order valence-corrected chi connectivity index (χ3v) is 2.59. The summed E-state index contributed by atoms with van der Waals surface area (Å²) < 4.78 is 0. The smallest absolute Gasteiger partial charge is 0.351 e. The second kappa shape index (κ2) is 6.70. The van der Waals surface area contributed by atoms with Crippen molar-refractivity contribution < 1.29 is 4.92 Å². The number of anilines is 2. The van der Waals surface area contributed by atoms with Crippen LogP contribution in [0.25, 0.3) is 0 Å². The van der Waals surface area contributed by atoms with Crippen molar-refractivity contribution in [1.29, 1.82) is 0 Å². The number of nitrogens with two attached hydrogens (primary N) is 1. The molecular formula is C10H18N6O2. The summed E-state index contributed by atoms with van der Waals surface area (Å²) in [4.78, 5) is 20.2. The summed E-state index contributed by atoms with van der Waals surface area (Å²) in [6.45, 7) is 5.35. The lowest BCUT2D eigenvalue weighted by Crippen LogP contribution is -2.26. The van der Waals surface area contributed by atoms with Gasteiger partial charge in [-0.1, -0.05) is 13.3 Å². The number of rotatable bonds is 7. The predicted molar refractivity (Wildman–Crippen MR) is 69.3 cm³/mol. The molecule has 1 rings (SSSR count). The number of aromatic nitrogens is 2. The van der Waals surface area contributed by atoms with E-state index in [1.165, 1.54) is 6.33 Å². The van der Waals surface area contributed by atoms with Gasteiger partial charge < -0.3 is 10.3 Å². The molecule has 1 aromatic heterocycles. The molecule has 0 aliphatic heterocycles. The van der Waals surface area contributed by atoms with Crippen LogP contribution >= 0.6 is 0 Å². The van der Waals surface area contributed by atoms with E-state index in [9.17, 15) is 10.1 Å². The van der Waals surface area contributed by atoms with Crippen LogP contribution in [-0.4, -0.2) is 28.0 Å². The first-order chi connectivity index (χ1) is 8.65. The molecule has 0 saturated heterocycles. The van der Waals surface area contributed by atoms with Crippen molar-refractivity contribution in [3.8, 4) is 0 Å². The average molecular weight is 254 g/mol. The van der Waals surface area contributed by atoms with Crippen molar-refractivity contribution in [1.82, 2.24) is 9.97 Å². The normalized spacial score (nSPS) is 10.2. The number of hydrazine groups is 1. The minimum Gasteiger partial charge on any atom is -0.351 e. The van der Waals surface area contributed by atoms with E-state index in [1.54, 1.807) is 0 Å². The zero-order valence-corrected chi connectivity index (χ0v) is 10.6. The van der Waals surface area contributed by atoms with Gasteiger partial charge in [-0.15, -0.1) is 0 Å². The van der Waals surface area contributed by atoms with Crippen LogP contribution in [0.5, 0.6) is 0 Å². The van der Waals surface area contributed by atoms with Crippen LogP contribution in [0.4, 0.5) is 17.3 Å². The lowest BCUT2D eigenvalue weighted by Gasteiger charge is -2.21. The lowest BCUT2D eigenvalue weighted by atomic mass is 10.3. The molecule has 0 aliphatic carbocycles. The molecule has 0 bridgehead atoms. The van der Waals surface area contributed by atoms with Crippen LogP contribution in [0.2, 0.25) is 0 Å². The van der Waals surface area contributed by atoms with E-state index >= 15 is 0 Å². The van der Waals surface area contributed by atoms with E-state index in [2.05, 4.69) is 22.3 Å². The zero-order valence-electron chi connectivity index (χ0n) is 10.6. The lowest BCUT2D eigenvalue weighted by molar-refractivity contribution is -0.383. The maximum Gasteiger partial charge on any atom is 0.354 e. The molecular weight excluding hydrogens is 236 g/mol. The first-order valence-corrected chi connectivity index (χ1v) is 5.86. The number of nitrogens with zero attached hydrogens (tertiary/aromatic N) is 4. The highest BCUT2D eigenvalue weighted by molar-refractivity contribution is 5.69. The molecule has 0 radical (unpaired) electrons. The molecule has 0 amide bonds. The highest BCUT2D eigenvalue weighted by Gasteiger charge is 2.25. The molecule has 0 fully saturated rings. The van der Waals surface area contributed by atoms with Crippen LogP contribution in [0.3, 0.4) is 0 Å². The van der Waals surface area contributed by atoms with E-state index < -0.39 is 4.92 Å². The summed E-state index contributed by atoms with van der Waals surface area (Å²) in [5.41, 5.74) is 2.05. The monoisotopic (exact) mass is 254 g/mol. The SMILES string of the molecule is CCCCN(CC)c1ncnc(NN)c1[N+](=O)[O-]. The minimum atomic E-state index is -0.515. The third-order valence-electron chi connectivity index (χ3n) is 2.59. The maximum absolute atomic E-state index is 11.1. The van der Waals surface area contributed by atoms with Crippen LogP contribution in [0.1, 0.15) is 26.7 Å². The second-order valence-corrected chi connectivity index (χ2v) is 3.73. The van der Waals surface area contributed by atoms with Gasteiger partial charge in [0.25, 0.3) is 0 Å². The molecule has 0 spiro atoms. The largest absolute Gasteiger partial charge is 0.354 e. The Labute approximate surface area is 105 Å². The number of nitrogen functional groups attached to an aromatic ring is 1. The molecule has 100 valence electrons. The first kappa shape index (κ1) is 14.1. The average Bonchev–Trinajstić information content (AvgIpc) is 2.38. The summed E-state index contributed by atoms with van der Waals surface area (Å²) in [5.74, 6) is 5.57.